The fraction of sp³-hybridized carbons (Fsp3) is 0.643. The van der Waals surface area contributed by atoms with E-state index in [2.05, 4.69) is 19.2 Å². The summed E-state index contributed by atoms with van der Waals surface area (Å²) in [5.41, 5.74) is 8.33. The average molecular weight is 186 g/mol. The van der Waals surface area contributed by atoms with Gasteiger partial charge in [0.15, 0.2) is 0 Å². The lowest BCUT2D eigenvalue weighted by atomic mass is 9.77. The van der Waals surface area contributed by atoms with E-state index < -0.39 is 0 Å². The van der Waals surface area contributed by atoms with Crippen molar-refractivity contribution in [1.29, 1.82) is 0 Å². The minimum absolute atomic E-state index is 0.778. The second-order valence-corrected chi connectivity index (χ2v) is 5.29. The third kappa shape index (κ3) is 1.01. The molecule has 0 aromatic rings. The second kappa shape index (κ2) is 2.87. The SMILES string of the molecule is C=C=C1CC2CC1C1=C2CC(C)CC1. The Bertz CT molecular complexity index is 352. The first-order valence-corrected chi connectivity index (χ1v) is 5.90. The van der Waals surface area contributed by atoms with Gasteiger partial charge in [-0.05, 0) is 49.5 Å². The molecule has 0 radical (unpaired) electrons. The summed E-state index contributed by atoms with van der Waals surface area (Å²) in [5, 5.41) is 0. The van der Waals surface area contributed by atoms with Crippen molar-refractivity contribution in [1.82, 2.24) is 0 Å². The Morgan fingerprint density at radius 3 is 2.93 bits per heavy atom. The average Bonchev–Trinajstić information content (AvgIpc) is 2.74. The van der Waals surface area contributed by atoms with Crippen molar-refractivity contribution in [3.63, 3.8) is 0 Å². The molecular formula is C14H18. The monoisotopic (exact) mass is 186 g/mol. The molecule has 3 aliphatic rings. The molecule has 3 aliphatic carbocycles. The van der Waals surface area contributed by atoms with E-state index in [0.29, 0.717) is 0 Å². The number of rotatable bonds is 0. The van der Waals surface area contributed by atoms with Gasteiger partial charge in [-0.1, -0.05) is 24.6 Å². The summed E-state index contributed by atoms with van der Waals surface area (Å²) in [6.45, 7) is 6.23. The number of allylic oxidation sites excluding steroid dienone is 3. The van der Waals surface area contributed by atoms with E-state index in [1.165, 1.54) is 37.7 Å². The summed E-state index contributed by atoms with van der Waals surface area (Å²) in [6.07, 6.45) is 6.84. The van der Waals surface area contributed by atoms with Crippen LogP contribution >= 0.6 is 0 Å². The maximum Gasteiger partial charge on any atom is 0.00915 e. The van der Waals surface area contributed by atoms with Gasteiger partial charge >= 0.3 is 0 Å². The first kappa shape index (κ1) is 8.56. The highest BCUT2D eigenvalue weighted by Gasteiger charge is 2.43. The molecule has 0 heteroatoms. The molecule has 0 N–H and O–H groups in total. The van der Waals surface area contributed by atoms with Crippen molar-refractivity contribution in [2.75, 3.05) is 0 Å². The van der Waals surface area contributed by atoms with Gasteiger partial charge in [-0.3, -0.25) is 0 Å². The summed E-state index contributed by atoms with van der Waals surface area (Å²) >= 11 is 0. The molecule has 0 nitrogen and oxygen atoms in total. The molecule has 0 aliphatic heterocycles. The quantitative estimate of drug-likeness (QED) is 0.398. The largest absolute Gasteiger partial charge is 0.129 e. The highest BCUT2D eigenvalue weighted by molar-refractivity contribution is 5.40. The molecule has 14 heavy (non-hydrogen) atoms. The molecule has 0 aromatic carbocycles. The molecule has 2 bridgehead atoms. The van der Waals surface area contributed by atoms with Crippen LogP contribution in [0.25, 0.3) is 0 Å². The van der Waals surface area contributed by atoms with E-state index in [9.17, 15) is 0 Å². The van der Waals surface area contributed by atoms with Gasteiger partial charge < -0.3 is 0 Å². The van der Waals surface area contributed by atoms with Crippen molar-refractivity contribution in [2.45, 2.75) is 39.0 Å². The van der Waals surface area contributed by atoms with E-state index in [1.54, 1.807) is 5.57 Å². The molecule has 74 valence electrons. The van der Waals surface area contributed by atoms with E-state index in [-0.39, 0.29) is 0 Å². The van der Waals surface area contributed by atoms with Crippen molar-refractivity contribution < 1.29 is 0 Å². The predicted molar refractivity (Wildman–Crippen MR) is 58.9 cm³/mol. The third-order valence-electron chi connectivity index (χ3n) is 4.43. The van der Waals surface area contributed by atoms with Gasteiger partial charge in [0.1, 0.15) is 0 Å². The molecule has 3 unspecified atom stereocenters. The summed E-state index contributed by atoms with van der Waals surface area (Å²) in [5.74, 6) is 2.60. The Hall–Kier alpha value is -0.740. The first-order valence-electron chi connectivity index (χ1n) is 5.90. The van der Waals surface area contributed by atoms with E-state index in [0.717, 1.165) is 17.8 Å². The lowest BCUT2D eigenvalue weighted by Gasteiger charge is -2.28. The molecule has 0 aromatic heterocycles. The Morgan fingerprint density at radius 2 is 2.14 bits per heavy atom. The highest BCUT2D eigenvalue weighted by atomic mass is 14.5. The van der Waals surface area contributed by atoms with Gasteiger partial charge in [0.05, 0.1) is 0 Å². The normalized spacial score (nSPS) is 40.1. The lowest BCUT2D eigenvalue weighted by molar-refractivity contribution is 0.464. The van der Waals surface area contributed by atoms with Crippen molar-refractivity contribution in [3.8, 4) is 0 Å². The standard InChI is InChI=1S/C14H18/c1-3-10-7-11-8-14(10)12-5-4-9(2)6-13(11)12/h9,11,14H,1,4-8H2,2H3. The van der Waals surface area contributed by atoms with Crippen LogP contribution in [0.3, 0.4) is 0 Å². The Kier molecular flexibility index (Phi) is 1.76. The van der Waals surface area contributed by atoms with Gasteiger partial charge in [0.25, 0.3) is 0 Å². The van der Waals surface area contributed by atoms with Crippen LogP contribution in [0.2, 0.25) is 0 Å². The van der Waals surface area contributed by atoms with Gasteiger partial charge in [-0.2, -0.15) is 0 Å². The molecule has 0 heterocycles. The molecule has 3 atom stereocenters. The van der Waals surface area contributed by atoms with Crippen LogP contribution in [0, 0.1) is 17.8 Å². The Balaban J connectivity index is 2.00. The van der Waals surface area contributed by atoms with Crippen molar-refractivity contribution in [2.24, 2.45) is 17.8 Å². The first-order chi connectivity index (χ1) is 6.79. The van der Waals surface area contributed by atoms with E-state index in [1.807, 2.05) is 5.57 Å². The van der Waals surface area contributed by atoms with Gasteiger partial charge in [-0.15, -0.1) is 5.73 Å². The summed E-state index contributed by atoms with van der Waals surface area (Å²) in [4.78, 5) is 0. The van der Waals surface area contributed by atoms with Gasteiger partial charge in [-0.25, -0.2) is 0 Å². The van der Waals surface area contributed by atoms with Crippen molar-refractivity contribution in [3.05, 3.63) is 29.0 Å². The van der Waals surface area contributed by atoms with Crippen LogP contribution in [0.5, 0.6) is 0 Å². The fourth-order valence-electron chi connectivity index (χ4n) is 3.73. The molecule has 3 rings (SSSR count). The zero-order chi connectivity index (χ0) is 9.71. The molecule has 0 amide bonds. The fourth-order valence-corrected chi connectivity index (χ4v) is 3.73. The summed E-state index contributed by atoms with van der Waals surface area (Å²) in [6, 6.07) is 0. The summed E-state index contributed by atoms with van der Waals surface area (Å²) < 4.78 is 0. The topological polar surface area (TPSA) is 0 Å². The predicted octanol–water partition coefficient (Wildman–Crippen LogP) is 3.85. The number of hydrogen-bond acceptors (Lipinski definition) is 0. The zero-order valence-corrected chi connectivity index (χ0v) is 8.97. The minimum atomic E-state index is 0.778. The van der Waals surface area contributed by atoms with Crippen LogP contribution < -0.4 is 0 Å². The Morgan fingerprint density at radius 1 is 1.29 bits per heavy atom. The van der Waals surface area contributed by atoms with E-state index in [4.69, 9.17) is 0 Å². The molecule has 1 fully saturated rings. The molecular weight excluding hydrogens is 168 g/mol. The maximum atomic E-state index is 3.83. The number of hydrogen-bond donors (Lipinski definition) is 0. The smallest absolute Gasteiger partial charge is 0.00915 e. The van der Waals surface area contributed by atoms with Crippen LogP contribution in [0.4, 0.5) is 0 Å². The van der Waals surface area contributed by atoms with E-state index >= 15 is 0 Å². The highest BCUT2D eigenvalue weighted by Crippen LogP contribution is 2.56. The van der Waals surface area contributed by atoms with Crippen LogP contribution in [-0.2, 0) is 0 Å². The molecule has 1 saturated carbocycles. The third-order valence-corrected chi connectivity index (χ3v) is 4.43. The lowest BCUT2D eigenvalue weighted by Crippen LogP contribution is -2.14. The minimum Gasteiger partial charge on any atom is -0.129 e. The molecule has 0 saturated heterocycles. The van der Waals surface area contributed by atoms with Gasteiger partial charge in [0, 0.05) is 5.92 Å². The summed E-state index contributed by atoms with van der Waals surface area (Å²) in [7, 11) is 0. The maximum absolute atomic E-state index is 3.83. The van der Waals surface area contributed by atoms with Crippen molar-refractivity contribution >= 4 is 0 Å². The Labute approximate surface area is 86.4 Å². The van der Waals surface area contributed by atoms with Crippen LogP contribution in [0.15, 0.2) is 29.0 Å². The van der Waals surface area contributed by atoms with Crippen LogP contribution in [0.1, 0.15) is 39.0 Å². The second-order valence-electron chi connectivity index (χ2n) is 5.29. The molecule has 0 spiro atoms. The zero-order valence-electron chi connectivity index (χ0n) is 8.97. The van der Waals surface area contributed by atoms with Crippen LogP contribution in [-0.4, -0.2) is 0 Å². The number of fused-ring (bicyclic) bond motifs is 4. The van der Waals surface area contributed by atoms with Gasteiger partial charge in [0.2, 0.25) is 0 Å².